The lowest BCUT2D eigenvalue weighted by atomic mass is 9.80. The van der Waals surface area contributed by atoms with E-state index in [1.165, 1.54) is 24.0 Å². The first-order valence-corrected chi connectivity index (χ1v) is 6.34. The van der Waals surface area contributed by atoms with E-state index < -0.39 is 0 Å². The monoisotopic (exact) mass is 269 g/mol. The minimum atomic E-state index is 0. The van der Waals surface area contributed by atoms with Gasteiger partial charge in [0.25, 0.3) is 0 Å². The normalized spacial score (nSPS) is 26.6. The third-order valence-corrected chi connectivity index (χ3v) is 4.22. The Bertz CT molecular complexity index is 450. The van der Waals surface area contributed by atoms with E-state index in [4.69, 9.17) is 4.74 Å². The van der Waals surface area contributed by atoms with E-state index >= 15 is 0 Å². The SMILES string of the molecule is Cc1ccc(O)c2c1[C@H]1CCCN(C)[C@@H]1CO2.Cl. The summed E-state index contributed by atoms with van der Waals surface area (Å²) in [6.45, 7) is 3.96. The Morgan fingerprint density at radius 3 is 2.94 bits per heavy atom. The molecule has 2 heterocycles. The molecule has 0 spiro atoms. The summed E-state index contributed by atoms with van der Waals surface area (Å²) >= 11 is 0. The van der Waals surface area contributed by atoms with Crippen LogP contribution in [0.1, 0.15) is 29.9 Å². The Morgan fingerprint density at radius 2 is 2.17 bits per heavy atom. The molecule has 1 N–H and O–H groups in total. The number of phenolic OH excluding ortho intramolecular Hbond substituents is 1. The van der Waals surface area contributed by atoms with Gasteiger partial charge in [0.15, 0.2) is 11.5 Å². The van der Waals surface area contributed by atoms with Crippen molar-refractivity contribution in [1.29, 1.82) is 0 Å². The molecule has 3 nitrogen and oxygen atoms in total. The summed E-state index contributed by atoms with van der Waals surface area (Å²) in [5.41, 5.74) is 2.47. The molecule has 0 radical (unpaired) electrons. The third kappa shape index (κ3) is 1.95. The van der Waals surface area contributed by atoms with Crippen molar-refractivity contribution in [3.63, 3.8) is 0 Å². The molecule has 0 bridgehead atoms. The summed E-state index contributed by atoms with van der Waals surface area (Å²) < 4.78 is 5.78. The number of likely N-dealkylation sites (N-methyl/N-ethyl adjacent to an activating group) is 1. The molecule has 0 amide bonds. The maximum atomic E-state index is 9.90. The van der Waals surface area contributed by atoms with Gasteiger partial charge in [0.1, 0.15) is 6.61 Å². The number of piperidine rings is 1. The molecule has 0 unspecified atom stereocenters. The van der Waals surface area contributed by atoms with Gasteiger partial charge in [-0.1, -0.05) is 6.07 Å². The first-order chi connectivity index (χ1) is 8.18. The van der Waals surface area contributed by atoms with E-state index in [0.29, 0.717) is 18.6 Å². The van der Waals surface area contributed by atoms with E-state index in [0.717, 1.165) is 12.3 Å². The van der Waals surface area contributed by atoms with Crippen molar-refractivity contribution in [1.82, 2.24) is 4.90 Å². The summed E-state index contributed by atoms with van der Waals surface area (Å²) in [6.07, 6.45) is 2.43. The zero-order valence-electron chi connectivity index (χ0n) is 10.8. The smallest absolute Gasteiger partial charge is 0.164 e. The number of nitrogens with zero attached hydrogens (tertiary/aromatic N) is 1. The average molecular weight is 270 g/mol. The van der Waals surface area contributed by atoms with E-state index in [1.54, 1.807) is 6.07 Å². The number of phenols is 1. The maximum absolute atomic E-state index is 9.90. The van der Waals surface area contributed by atoms with Crippen LogP contribution in [0.25, 0.3) is 0 Å². The van der Waals surface area contributed by atoms with Crippen molar-refractivity contribution in [2.24, 2.45) is 0 Å². The Morgan fingerprint density at radius 1 is 1.39 bits per heavy atom. The number of aryl methyl sites for hydroxylation is 1. The highest BCUT2D eigenvalue weighted by Gasteiger charge is 2.37. The fourth-order valence-electron chi connectivity index (χ4n) is 3.27. The predicted octanol–water partition coefficient (Wildman–Crippen LogP) is 2.69. The molecular weight excluding hydrogens is 250 g/mol. The van der Waals surface area contributed by atoms with Gasteiger partial charge in [0, 0.05) is 11.5 Å². The second-order valence-corrected chi connectivity index (χ2v) is 5.25. The number of likely N-dealkylation sites (tertiary alicyclic amines) is 1. The Kier molecular flexibility index (Phi) is 3.74. The molecule has 2 aliphatic heterocycles. The molecule has 1 fully saturated rings. The molecule has 3 rings (SSSR count). The highest BCUT2D eigenvalue weighted by molar-refractivity contribution is 5.85. The van der Waals surface area contributed by atoms with Crippen molar-refractivity contribution >= 4 is 12.4 Å². The van der Waals surface area contributed by atoms with Gasteiger partial charge in [-0.2, -0.15) is 0 Å². The van der Waals surface area contributed by atoms with Crippen molar-refractivity contribution in [2.45, 2.75) is 31.7 Å². The molecular formula is C14H20ClNO2. The standard InChI is InChI=1S/C14H19NO2.ClH/c1-9-5-6-12(16)14-13(9)10-4-3-7-15(2)11(10)8-17-14;/h5-6,10-11,16H,3-4,7-8H2,1-2H3;1H/t10-,11+;/m0./s1. The van der Waals surface area contributed by atoms with Gasteiger partial charge in [-0.05, 0) is 45.0 Å². The number of halogens is 1. The van der Waals surface area contributed by atoms with Gasteiger partial charge in [-0.15, -0.1) is 12.4 Å². The zero-order valence-corrected chi connectivity index (χ0v) is 11.7. The summed E-state index contributed by atoms with van der Waals surface area (Å²) in [5.74, 6) is 1.53. The second kappa shape index (κ2) is 4.98. The van der Waals surface area contributed by atoms with Crippen LogP contribution >= 0.6 is 12.4 Å². The van der Waals surface area contributed by atoms with Crippen molar-refractivity contribution < 1.29 is 9.84 Å². The molecule has 18 heavy (non-hydrogen) atoms. The molecule has 2 aliphatic rings. The number of rotatable bonds is 0. The van der Waals surface area contributed by atoms with E-state index in [-0.39, 0.29) is 18.2 Å². The van der Waals surface area contributed by atoms with Crippen molar-refractivity contribution in [2.75, 3.05) is 20.2 Å². The first-order valence-electron chi connectivity index (χ1n) is 6.34. The minimum Gasteiger partial charge on any atom is -0.504 e. The van der Waals surface area contributed by atoms with E-state index in [2.05, 4.69) is 18.9 Å². The number of hydrogen-bond donors (Lipinski definition) is 1. The number of hydrogen-bond acceptors (Lipinski definition) is 3. The molecule has 1 aromatic carbocycles. The van der Waals surface area contributed by atoms with Crippen molar-refractivity contribution in [3.05, 3.63) is 23.3 Å². The van der Waals surface area contributed by atoms with Crippen LogP contribution in [-0.2, 0) is 0 Å². The largest absolute Gasteiger partial charge is 0.504 e. The average Bonchev–Trinajstić information content (AvgIpc) is 2.33. The maximum Gasteiger partial charge on any atom is 0.164 e. The molecule has 100 valence electrons. The predicted molar refractivity (Wildman–Crippen MR) is 74.0 cm³/mol. The number of fused-ring (bicyclic) bond motifs is 3. The first kappa shape index (κ1) is 13.5. The van der Waals surface area contributed by atoms with Gasteiger partial charge >= 0.3 is 0 Å². The van der Waals surface area contributed by atoms with Crippen LogP contribution in [0.5, 0.6) is 11.5 Å². The summed E-state index contributed by atoms with van der Waals surface area (Å²) in [5, 5.41) is 9.90. The molecule has 0 saturated carbocycles. The second-order valence-electron chi connectivity index (χ2n) is 5.25. The van der Waals surface area contributed by atoms with Crippen LogP contribution in [0.15, 0.2) is 12.1 Å². The van der Waals surface area contributed by atoms with Gasteiger partial charge in [-0.3, -0.25) is 4.90 Å². The summed E-state index contributed by atoms with van der Waals surface area (Å²) in [6, 6.07) is 4.20. The number of ether oxygens (including phenoxy) is 1. The van der Waals surface area contributed by atoms with Crippen molar-refractivity contribution in [3.8, 4) is 11.5 Å². The van der Waals surface area contributed by atoms with Crippen LogP contribution in [0, 0.1) is 6.92 Å². The lowest BCUT2D eigenvalue weighted by Gasteiger charge is -2.43. The summed E-state index contributed by atoms with van der Waals surface area (Å²) in [7, 11) is 2.17. The highest BCUT2D eigenvalue weighted by Crippen LogP contribution is 2.46. The molecule has 1 saturated heterocycles. The lowest BCUT2D eigenvalue weighted by Crippen LogP contribution is -2.47. The number of aromatic hydroxyl groups is 1. The van der Waals surface area contributed by atoms with Crippen LogP contribution < -0.4 is 4.74 Å². The van der Waals surface area contributed by atoms with E-state index in [1.807, 2.05) is 6.07 Å². The fraction of sp³-hybridized carbons (Fsp3) is 0.571. The highest BCUT2D eigenvalue weighted by atomic mass is 35.5. The van der Waals surface area contributed by atoms with Gasteiger partial charge in [-0.25, -0.2) is 0 Å². The molecule has 0 aliphatic carbocycles. The Balaban J connectivity index is 0.00000120. The molecule has 0 aromatic heterocycles. The Hall–Kier alpha value is -0.930. The van der Waals surface area contributed by atoms with Gasteiger partial charge in [0.2, 0.25) is 0 Å². The van der Waals surface area contributed by atoms with Crippen LogP contribution in [0.4, 0.5) is 0 Å². The number of benzene rings is 1. The molecule has 4 heteroatoms. The Labute approximate surface area is 114 Å². The van der Waals surface area contributed by atoms with Gasteiger partial charge < -0.3 is 9.84 Å². The minimum absolute atomic E-state index is 0. The third-order valence-electron chi connectivity index (χ3n) is 4.22. The summed E-state index contributed by atoms with van der Waals surface area (Å²) in [4.78, 5) is 2.39. The zero-order chi connectivity index (χ0) is 12.0. The van der Waals surface area contributed by atoms with Crippen LogP contribution in [-0.4, -0.2) is 36.2 Å². The van der Waals surface area contributed by atoms with Crippen LogP contribution in [0.3, 0.4) is 0 Å². The van der Waals surface area contributed by atoms with Gasteiger partial charge in [0.05, 0.1) is 6.04 Å². The van der Waals surface area contributed by atoms with Crippen LogP contribution in [0.2, 0.25) is 0 Å². The lowest BCUT2D eigenvalue weighted by molar-refractivity contribution is 0.0845. The fourth-order valence-corrected chi connectivity index (χ4v) is 3.27. The van der Waals surface area contributed by atoms with E-state index in [9.17, 15) is 5.11 Å². The quantitative estimate of drug-likeness (QED) is 0.786. The topological polar surface area (TPSA) is 32.7 Å². The molecule has 1 aromatic rings. The molecule has 2 atom stereocenters.